The average molecular weight is 191 g/mol. The molecule has 2 atom stereocenters. The van der Waals surface area contributed by atoms with Gasteiger partial charge in [0.05, 0.1) is 7.11 Å². The van der Waals surface area contributed by atoms with Gasteiger partial charge in [-0.1, -0.05) is 12.1 Å². The Morgan fingerprint density at radius 3 is 2.86 bits per heavy atom. The van der Waals surface area contributed by atoms with Gasteiger partial charge in [-0.15, -0.1) is 0 Å². The molecule has 1 aromatic rings. The van der Waals surface area contributed by atoms with E-state index in [0.29, 0.717) is 12.1 Å². The van der Waals surface area contributed by atoms with Crippen LogP contribution in [0.5, 0.6) is 5.75 Å². The lowest BCUT2D eigenvalue weighted by Gasteiger charge is -2.30. The molecule has 1 aliphatic rings. The van der Waals surface area contributed by atoms with Crippen LogP contribution in [0.25, 0.3) is 0 Å². The van der Waals surface area contributed by atoms with Crippen LogP contribution in [0.15, 0.2) is 18.2 Å². The number of hydrogen-bond donors (Lipinski definition) is 1. The Balaban J connectivity index is 2.47. The third-order valence-electron chi connectivity index (χ3n) is 2.87. The maximum absolute atomic E-state index is 5.38. The summed E-state index contributed by atoms with van der Waals surface area (Å²) in [4.78, 5) is 0. The van der Waals surface area contributed by atoms with E-state index in [0.717, 1.165) is 12.2 Å². The molecule has 0 bridgehead atoms. The number of fused-ring (bicyclic) bond motifs is 1. The summed E-state index contributed by atoms with van der Waals surface area (Å²) in [6.07, 6.45) is 1.09. The van der Waals surface area contributed by atoms with Crippen LogP contribution < -0.4 is 10.1 Å². The summed E-state index contributed by atoms with van der Waals surface area (Å²) in [6, 6.07) is 7.26. The standard InChI is InChI=1S/C12H17NO/c1-8-7-10-5-4-6-11(14-3)12(10)9(2)13-8/h4-6,8-9,13H,7H2,1-3H3. The molecule has 76 valence electrons. The average Bonchev–Trinajstić information content (AvgIpc) is 2.16. The largest absolute Gasteiger partial charge is 0.496 e. The van der Waals surface area contributed by atoms with E-state index in [1.807, 2.05) is 6.07 Å². The van der Waals surface area contributed by atoms with E-state index in [9.17, 15) is 0 Å². The van der Waals surface area contributed by atoms with E-state index < -0.39 is 0 Å². The predicted molar refractivity (Wildman–Crippen MR) is 57.7 cm³/mol. The summed E-state index contributed by atoms with van der Waals surface area (Å²) in [5.41, 5.74) is 2.75. The van der Waals surface area contributed by atoms with E-state index >= 15 is 0 Å². The van der Waals surface area contributed by atoms with Crippen molar-refractivity contribution in [2.75, 3.05) is 7.11 Å². The fourth-order valence-electron chi connectivity index (χ4n) is 2.34. The van der Waals surface area contributed by atoms with Crippen LogP contribution in [0.4, 0.5) is 0 Å². The molecule has 1 aliphatic heterocycles. The van der Waals surface area contributed by atoms with Gasteiger partial charge in [0.15, 0.2) is 0 Å². The van der Waals surface area contributed by atoms with Gasteiger partial charge in [0, 0.05) is 17.6 Å². The lowest BCUT2D eigenvalue weighted by molar-refractivity contribution is 0.382. The minimum absolute atomic E-state index is 0.393. The maximum atomic E-state index is 5.38. The van der Waals surface area contributed by atoms with Gasteiger partial charge in [-0.25, -0.2) is 0 Å². The van der Waals surface area contributed by atoms with Gasteiger partial charge in [0.25, 0.3) is 0 Å². The summed E-state index contributed by atoms with van der Waals surface area (Å²) < 4.78 is 5.38. The number of nitrogens with one attached hydrogen (secondary N) is 1. The zero-order chi connectivity index (χ0) is 10.1. The predicted octanol–water partition coefficient (Wildman–Crippen LogP) is 2.29. The second kappa shape index (κ2) is 3.62. The summed E-state index contributed by atoms with van der Waals surface area (Å²) in [5.74, 6) is 1.01. The second-order valence-electron chi connectivity index (χ2n) is 4.03. The third-order valence-corrected chi connectivity index (χ3v) is 2.87. The Morgan fingerprint density at radius 1 is 1.36 bits per heavy atom. The first-order valence-electron chi connectivity index (χ1n) is 5.14. The Morgan fingerprint density at radius 2 is 2.14 bits per heavy atom. The fourth-order valence-corrected chi connectivity index (χ4v) is 2.34. The Labute approximate surface area is 85.3 Å². The quantitative estimate of drug-likeness (QED) is 0.735. The molecule has 1 N–H and O–H groups in total. The van der Waals surface area contributed by atoms with Crippen molar-refractivity contribution in [1.82, 2.24) is 5.32 Å². The number of ether oxygens (including phenoxy) is 1. The molecule has 0 aliphatic carbocycles. The van der Waals surface area contributed by atoms with Crippen molar-refractivity contribution >= 4 is 0 Å². The Bertz CT molecular complexity index is 335. The summed E-state index contributed by atoms with van der Waals surface area (Å²) in [6.45, 7) is 4.41. The Kier molecular flexibility index (Phi) is 2.46. The van der Waals surface area contributed by atoms with E-state index in [-0.39, 0.29) is 0 Å². The van der Waals surface area contributed by atoms with Crippen molar-refractivity contribution in [2.45, 2.75) is 32.4 Å². The van der Waals surface area contributed by atoms with Crippen LogP contribution in [-0.4, -0.2) is 13.2 Å². The lowest BCUT2D eigenvalue weighted by Crippen LogP contribution is -2.36. The lowest BCUT2D eigenvalue weighted by atomic mass is 9.91. The van der Waals surface area contributed by atoms with Crippen LogP contribution in [0.2, 0.25) is 0 Å². The molecule has 0 saturated heterocycles. The number of methoxy groups -OCH3 is 1. The summed E-state index contributed by atoms with van der Waals surface area (Å²) in [5, 5.41) is 3.53. The molecule has 1 aromatic carbocycles. The maximum Gasteiger partial charge on any atom is 0.123 e. The van der Waals surface area contributed by atoms with Gasteiger partial charge < -0.3 is 10.1 Å². The summed E-state index contributed by atoms with van der Waals surface area (Å²) >= 11 is 0. The van der Waals surface area contributed by atoms with E-state index in [1.54, 1.807) is 7.11 Å². The second-order valence-corrected chi connectivity index (χ2v) is 4.03. The van der Waals surface area contributed by atoms with Gasteiger partial charge >= 0.3 is 0 Å². The first-order valence-corrected chi connectivity index (χ1v) is 5.14. The zero-order valence-electron chi connectivity index (χ0n) is 9.00. The highest BCUT2D eigenvalue weighted by molar-refractivity contribution is 5.44. The topological polar surface area (TPSA) is 21.3 Å². The van der Waals surface area contributed by atoms with Crippen molar-refractivity contribution < 1.29 is 4.74 Å². The minimum atomic E-state index is 0.393. The van der Waals surface area contributed by atoms with Crippen molar-refractivity contribution in [3.05, 3.63) is 29.3 Å². The van der Waals surface area contributed by atoms with E-state index in [1.165, 1.54) is 11.1 Å². The number of rotatable bonds is 1. The molecule has 0 radical (unpaired) electrons. The molecule has 14 heavy (non-hydrogen) atoms. The van der Waals surface area contributed by atoms with Gasteiger partial charge in [-0.05, 0) is 31.9 Å². The van der Waals surface area contributed by atoms with Gasteiger partial charge in [-0.3, -0.25) is 0 Å². The highest BCUT2D eigenvalue weighted by Gasteiger charge is 2.23. The minimum Gasteiger partial charge on any atom is -0.496 e. The van der Waals surface area contributed by atoms with E-state index in [4.69, 9.17) is 4.74 Å². The van der Waals surface area contributed by atoms with Gasteiger partial charge in [0.2, 0.25) is 0 Å². The molecular weight excluding hydrogens is 174 g/mol. The van der Waals surface area contributed by atoms with Crippen LogP contribution in [0.1, 0.15) is 31.0 Å². The molecule has 0 saturated carbocycles. The van der Waals surface area contributed by atoms with Crippen LogP contribution in [0.3, 0.4) is 0 Å². The molecule has 2 nitrogen and oxygen atoms in total. The van der Waals surface area contributed by atoms with Crippen LogP contribution in [-0.2, 0) is 6.42 Å². The van der Waals surface area contributed by atoms with Crippen LogP contribution in [0, 0.1) is 0 Å². The molecule has 0 amide bonds. The van der Waals surface area contributed by atoms with Crippen LogP contribution >= 0.6 is 0 Å². The SMILES string of the molecule is COc1cccc2c1C(C)NC(C)C2. The van der Waals surface area contributed by atoms with E-state index in [2.05, 4.69) is 31.3 Å². The van der Waals surface area contributed by atoms with Crippen molar-refractivity contribution in [3.63, 3.8) is 0 Å². The van der Waals surface area contributed by atoms with Crippen molar-refractivity contribution in [3.8, 4) is 5.75 Å². The summed E-state index contributed by atoms with van der Waals surface area (Å²) in [7, 11) is 1.74. The molecular formula is C12H17NO. The zero-order valence-corrected chi connectivity index (χ0v) is 9.00. The number of benzene rings is 1. The third kappa shape index (κ3) is 1.50. The normalized spacial score (nSPS) is 25.6. The highest BCUT2D eigenvalue weighted by Crippen LogP contribution is 2.32. The monoisotopic (exact) mass is 191 g/mol. The molecule has 1 heterocycles. The Hall–Kier alpha value is -1.02. The van der Waals surface area contributed by atoms with Gasteiger partial charge in [0.1, 0.15) is 5.75 Å². The molecule has 0 aromatic heterocycles. The highest BCUT2D eigenvalue weighted by atomic mass is 16.5. The van der Waals surface area contributed by atoms with Gasteiger partial charge in [-0.2, -0.15) is 0 Å². The number of hydrogen-bond acceptors (Lipinski definition) is 2. The van der Waals surface area contributed by atoms with Crippen molar-refractivity contribution in [2.24, 2.45) is 0 Å². The molecule has 2 unspecified atom stereocenters. The first kappa shape index (κ1) is 9.53. The smallest absolute Gasteiger partial charge is 0.123 e. The molecule has 2 heteroatoms. The molecule has 2 rings (SSSR count). The molecule has 0 fully saturated rings. The fraction of sp³-hybridized carbons (Fsp3) is 0.500. The first-order chi connectivity index (χ1) is 6.72. The molecule has 0 spiro atoms. The van der Waals surface area contributed by atoms with Crippen molar-refractivity contribution in [1.29, 1.82) is 0 Å².